The Morgan fingerprint density at radius 3 is 2.90 bits per heavy atom. The summed E-state index contributed by atoms with van der Waals surface area (Å²) in [6.45, 7) is 2.70. The molecular weight excluding hydrogens is 250 g/mol. The van der Waals surface area contributed by atoms with Crippen LogP contribution in [0.25, 0.3) is 0 Å². The first-order valence-electron chi connectivity index (χ1n) is 7.79. The van der Waals surface area contributed by atoms with Crippen molar-refractivity contribution in [3.8, 4) is 0 Å². The van der Waals surface area contributed by atoms with Gasteiger partial charge in [0.1, 0.15) is 0 Å². The molecule has 1 aromatic heterocycles. The fourth-order valence-corrected chi connectivity index (χ4v) is 3.77. The maximum atomic E-state index is 12.8. The molecule has 20 heavy (non-hydrogen) atoms. The standard InChI is InChI=1S/C17H23NO2/c1-13-12-18-9-5-15(13)16(19)14-6-10-20-17(11-14)7-3-2-4-8-17/h5,9,12,14H,2-4,6-8,10-11H2,1H3. The number of hydrogen-bond acceptors (Lipinski definition) is 3. The maximum Gasteiger partial charge on any atom is 0.166 e. The van der Waals surface area contributed by atoms with Crippen molar-refractivity contribution in [1.82, 2.24) is 4.98 Å². The van der Waals surface area contributed by atoms with Crippen LogP contribution >= 0.6 is 0 Å². The number of aryl methyl sites for hydroxylation is 1. The van der Waals surface area contributed by atoms with E-state index in [0.717, 1.165) is 43.4 Å². The monoisotopic (exact) mass is 273 g/mol. The largest absolute Gasteiger partial charge is 0.375 e. The summed E-state index contributed by atoms with van der Waals surface area (Å²) in [6.07, 6.45) is 11.3. The van der Waals surface area contributed by atoms with Crippen LogP contribution in [0.2, 0.25) is 0 Å². The fraction of sp³-hybridized carbons (Fsp3) is 0.647. The second-order valence-corrected chi connectivity index (χ2v) is 6.34. The quantitative estimate of drug-likeness (QED) is 0.771. The summed E-state index contributed by atoms with van der Waals surface area (Å²) >= 11 is 0. The van der Waals surface area contributed by atoms with Crippen LogP contribution in [0, 0.1) is 12.8 Å². The summed E-state index contributed by atoms with van der Waals surface area (Å²) < 4.78 is 6.09. The predicted molar refractivity (Wildman–Crippen MR) is 77.8 cm³/mol. The molecular formula is C17H23NO2. The molecule has 1 atom stereocenters. The van der Waals surface area contributed by atoms with E-state index >= 15 is 0 Å². The lowest BCUT2D eigenvalue weighted by Crippen LogP contribution is -2.43. The number of ketones is 1. The maximum absolute atomic E-state index is 12.8. The number of ether oxygens (including phenoxy) is 1. The van der Waals surface area contributed by atoms with Crippen molar-refractivity contribution in [2.75, 3.05) is 6.61 Å². The fourth-order valence-electron chi connectivity index (χ4n) is 3.77. The van der Waals surface area contributed by atoms with Gasteiger partial charge < -0.3 is 4.74 Å². The van der Waals surface area contributed by atoms with Crippen molar-refractivity contribution in [2.24, 2.45) is 5.92 Å². The van der Waals surface area contributed by atoms with E-state index in [2.05, 4.69) is 4.98 Å². The van der Waals surface area contributed by atoms with Gasteiger partial charge in [-0.2, -0.15) is 0 Å². The number of carbonyl (C=O) groups is 1. The minimum absolute atomic E-state index is 0.00222. The number of Topliss-reactive ketones (excluding diaryl/α,β-unsaturated/α-hetero) is 1. The van der Waals surface area contributed by atoms with Gasteiger partial charge in [0, 0.05) is 30.5 Å². The average Bonchev–Trinajstić information content (AvgIpc) is 2.48. The third-order valence-electron chi connectivity index (χ3n) is 4.91. The van der Waals surface area contributed by atoms with Crippen LogP contribution in [0.15, 0.2) is 18.5 Å². The Hall–Kier alpha value is -1.22. The molecule has 3 rings (SSSR count). The summed E-state index contributed by atoms with van der Waals surface area (Å²) in [4.78, 5) is 16.8. The Bertz CT molecular complexity index is 486. The Morgan fingerprint density at radius 2 is 2.15 bits per heavy atom. The van der Waals surface area contributed by atoms with Crippen molar-refractivity contribution < 1.29 is 9.53 Å². The number of pyridine rings is 1. The number of carbonyl (C=O) groups excluding carboxylic acids is 1. The zero-order valence-electron chi connectivity index (χ0n) is 12.2. The van der Waals surface area contributed by atoms with Gasteiger partial charge in [-0.1, -0.05) is 19.3 Å². The van der Waals surface area contributed by atoms with Crippen molar-refractivity contribution in [3.05, 3.63) is 29.6 Å². The number of rotatable bonds is 2. The van der Waals surface area contributed by atoms with Crippen LogP contribution in [0.1, 0.15) is 60.9 Å². The SMILES string of the molecule is Cc1cnccc1C(=O)C1CCOC2(CCCCC2)C1. The van der Waals surface area contributed by atoms with Gasteiger partial charge in [0.05, 0.1) is 5.60 Å². The van der Waals surface area contributed by atoms with E-state index in [1.54, 1.807) is 12.4 Å². The molecule has 108 valence electrons. The van der Waals surface area contributed by atoms with E-state index in [1.165, 1.54) is 19.3 Å². The van der Waals surface area contributed by atoms with E-state index in [9.17, 15) is 4.79 Å². The molecule has 0 N–H and O–H groups in total. The van der Waals surface area contributed by atoms with Crippen LogP contribution in [-0.2, 0) is 4.74 Å². The molecule has 0 radical (unpaired) electrons. The van der Waals surface area contributed by atoms with E-state index in [4.69, 9.17) is 4.74 Å². The highest BCUT2D eigenvalue weighted by Gasteiger charge is 2.40. The van der Waals surface area contributed by atoms with Crippen molar-refractivity contribution in [1.29, 1.82) is 0 Å². The second-order valence-electron chi connectivity index (χ2n) is 6.34. The molecule has 1 saturated heterocycles. The van der Waals surface area contributed by atoms with Gasteiger partial charge in [-0.25, -0.2) is 0 Å². The topological polar surface area (TPSA) is 39.2 Å². The van der Waals surface area contributed by atoms with Crippen LogP contribution < -0.4 is 0 Å². The third kappa shape index (κ3) is 2.64. The smallest absolute Gasteiger partial charge is 0.166 e. The highest BCUT2D eigenvalue weighted by molar-refractivity contribution is 5.99. The predicted octanol–water partition coefficient (Wildman–Crippen LogP) is 3.70. The van der Waals surface area contributed by atoms with Crippen LogP contribution in [0.4, 0.5) is 0 Å². The average molecular weight is 273 g/mol. The minimum Gasteiger partial charge on any atom is -0.375 e. The van der Waals surface area contributed by atoms with Gasteiger partial charge in [0.15, 0.2) is 5.78 Å². The molecule has 1 aromatic rings. The van der Waals surface area contributed by atoms with Crippen molar-refractivity contribution in [3.63, 3.8) is 0 Å². The normalized spacial score (nSPS) is 25.6. The van der Waals surface area contributed by atoms with E-state index in [0.29, 0.717) is 0 Å². The van der Waals surface area contributed by atoms with Gasteiger partial charge in [0.25, 0.3) is 0 Å². The molecule has 1 spiro atoms. The molecule has 1 saturated carbocycles. The second kappa shape index (κ2) is 5.65. The molecule has 2 fully saturated rings. The molecule has 3 nitrogen and oxygen atoms in total. The minimum atomic E-state index is -0.00222. The zero-order chi connectivity index (χ0) is 14.0. The van der Waals surface area contributed by atoms with Crippen molar-refractivity contribution in [2.45, 2.75) is 57.5 Å². The van der Waals surface area contributed by atoms with Gasteiger partial charge in [0.2, 0.25) is 0 Å². The van der Waals surface area contributed by atoms with Crippen LogP contribution in [0.5, 0.6) is 0 Å². The Kier molecular flexibility index (Phi) is 3.88. The Morgan fingerprint density at radius 1 is 1.35 bits per heavy atom. The summed E-state index contributed by atoms with van der Waals surface area (Å²) in [5.41, 5.74) is 1.83. The summed E-state index contributed by atoms with van der Waals surface area (Å²) in [5, 5.41) is 0. The van der Waals surface area contributed by atoms with Crippen LogP contribution in [-0.4, -0.2) is 23.0 Å². The Labute approximate surface area is 120 Å². The third-order valence-corrected chi connectivity index (χ3v) is 4.91. The first-order valence-corrected chi connectivity index (χ1v) is 7.79. The van der Waals surface area contributed by atoms with Gasteiger partial charge >= 0.3 is 0 Å². The van der Waals surface area contributed by atoms with Gasteiger partial charge in [-0.15, -0.1) is 0 Å². The van der Waals surface area contributed by atoms with Crippen LogP contribution in [0.3, 0.4) is 0 Å². The summed E-state index contributed by atoms with van der Waals surface area (Å²) in [5.74, 6) is 0.418. The molecule has 0 aromatic carbocycles. The highest BCUT2D eigenvalue weighted by Crippen LogP contribution is 2.41. The zero-order valence-corrected chi connectivity index (χ0v) is 12.2. The van der Waals surface area contributed by atoms with Gasteiger partial charge in [-0.05, 0) is 44.2 Å². The molecule has 3 heteroatoms. The lowest BCUT2D eigenvalue weighted by atomic mass is 9.74. The molecule has 2 heterocycles. The molecule has 0 bridgehead atoms. The first-order chi connectivity index (χ1) is 9.70. The molecule has 1 aliphatic heterocycles. The number of nitrogens with zero attached hydrogens (tertiary/aromatic N) is 1. The summed E-state index contributed by atoms with van der Waals surface area (Å²) in [6, 6.07) is 1.86. The first kappa shape index (κ1) is 13.7. The molecule has 1 unspecified atom stereocenters. The number of hydrogen-bond donors (Lipinski definition) is 0. The van der Waals surface area contributed by atoms with E-state index < -0.39 is 0 Å². The molecule has 1 aliphatic carbocycles. The lowest BCUT2D eigenvalue weighted by molar-refractivity contribution is -0.111. The summed E-state index contributed by atoms with van der Waals surface area (Å²) in [7, 11) is 0. The van der Waals surface area contributed by atoms with E-state index in [-0.39, 0.29) is 17.3 Å². The van der Waals surface area contributed by atoms with Crippen molar-refractivity contribution >= 4 is 5.78 Å². The van der Waals surface area contributed by atoms with E-state index in [1.807, 2.05) is 13.0 Å². The molecule has 0 amide bonds. The number of aromatic nitrogens is 1. The Balaban J connectivity index is 1.77. The lowest BCUT2D eigenvalue weighted by Gasteiger charge is -2.43. The highest BCUT2D eigenvalue weighted by atomic mass is 16.5. The molecule has 2 aliphatic rings. The van der Waals surface area contributed by atoms with Gasteiger partial charge in [-0.3, -0.25) is 9.78 Å².